The molecule has 25 heavy (non-hydrogen) atoms. The summed E-state index contributed by atoms with van der Waals surface area (Å²) in [6, 6.07) is 7.04. The molecule has 136 valence electrons. The normalized spacial score (nSPS) is 13.2. The number of carbonyl (C=O) groups is 1. The van der Waals surface area contributed by atoms with Gasteiger partial charge in [-0.1, -0.05) is 24.3 Å². The van der Waals surface area contributed by atoms with Crippen molar-refractivity contribution < 1.29 is 32.0 Å². The van der Waals surface area contributed by atoms with Gasteiger partial charge in [-0.2, -0.15) is 13.2 Å². The third kappa shape index (κ3) is 4.00. The lowest BCUT2D eigenvalue weighted by atomic mass is 9.97. The molecule has 1 atom stereocenters. The number of hydrogen-bond donors (Lipinski definition) is 2. The maximum atomic E-state index is 13.5. The van der Waals surface area contributed by atoms with Crippen LogP contribution in [0.3, 0.4) is 0 Å². The lowest BCUT2D eigenvalue weighted by Gasteiger charge is -2.26. The van der Waals surface area contributed by atoms with E-state index < -0.39 is 23.9 Å². The predicted octanol–water partition coefficient (Wildman–Crippen LogP) is 3.74. The summed E-state index contributed by atoms with van der Waals surface area (Å²) in [5, 5.41) is 9.12. The Bertz CT molecular complexity index is 782. The number of benzene rings is 2. The van der Waals surface area contributed by atoms with E-state index in [2.05, 4.69) is 12.9 Å². The number of thiol groups is 1. The highest BCUT2D eigenvalue weighted by atomic mass is 32.1. The van der Waals surface area contributed by atoms with Crippen molar-refractivity contribution in [2.75, 3.05) is 20.7 Å². The van der Waals surface area contributed by atoms with Gasteiger partial charge >= 0.3 is 12.1 Å². The van der Waals surface area contributed by atoms with Crippen molar-refractivity contribution in [3.05, 3.63) is 41.5 Å². The van der Waals surface area contributed by atoms with E-state index >= 15 is 0 Å². The minimum Gasteiger partial charge on any atom is -0.496 e. The van der Waals surface area contributed by atoms with Crippen molar-refractivity contribution in [1.29, 1.82) is 0 Å². The Kier molecular flexibility index (Phi) is 5.81. The van der Waals surface area contributed by atoms with Crippen LogP contribution >= 0.6 is 12.9 Å². The van der Waals surface area contributed by atoms with E-state index in [0.717, 1.165) is 0 Å². The first-order chi connectivity index (χ1) is 11.7. The molecule has 0 aliphatic rings. The van der Waals surface area contributed by atoms with E-state index in [-0.39, 0.29) is 23.1 Å². The summed E-state index contributed by atoms with van der Waals surface area (Å²) in [7, 11) is 2.64. The molecule has 2 aromatic carbocycles. The largest absolute Gasteiger partial charge is 0.496 e. The molecule has 0 aliphatic heterocycles. The lowest BCUT2D eigenvalue weighted by molar-refractivity contribution is -0.140. The number of carboxylic acids is 1. The van der Waals surface area contributed by atoms with E-state index in [0.29, 0.717) is 5.56 Å². The van der Waals surface area contributed by atoms with Crippen molar-refractivity contribution in [1.82, 2.24) is 4.90 Å². The molecule has 0 spiro atoms. The number of hydrogen-bond acceptors (Lipinski definition) is 5. The first-order valence-electron chi connectivity index (χ1n) is 7.09. The van der Waals surface area contributed by atoms with E-state index in [4.69, 9.17) is 14.0 Å². The fourth-order valence-electron chi connectivity index (χ4n) is 2.71. The molecule has 5 nitrogen and oxygen atoms in total. The van der Waals surface area contributed by atoms with Crippen LogP contribution in [-0.2, 0) is 15.2 Å². The third-order valence-corrected chi connectivity index (χ3v) is 3.91. The molecule has 2 rings (SSSR count). The summed E-state index contributed by atoms with van der Waals surface area (Å²) in [5.41, 5.74) is -0.530. The SMILES string of the molecule is COc1ccc2c(C(OS)N(C)CC(=O)O)cccc2c1C(F)(F)F. The Hall–Kier alpha value is -1.97. The predicted molar refractivity (Wildman–Crippen MR) is 88.6 cm³/mol. The number of methoxy groups -OCH3 is 1. The highest BCUT2D eigenvalue weighted by Gasteiger charge is 2.37. The fourth-order valence-corrected chi connectivity index (χ4v) is 2.99. The van der Waals surface area contributed by atoms with Gasteiger partial charge in [0.15, 0.2) is 6.23 Å². The molecule has 0 amide bonds. The molecule has 0 bridgehead atoms. The zero-order chi connectivity index (χ0) is 18.8. The lowest BCUT2D eigenvalue weighted by Crippen LogP contribution is -2.30. The van der Waals surface area contributed by atoms with Crippen molar-refractivity contribution in [2.45, 2.75) is 12.4 Å². The summed E-state index contributed by atoms with van der Waals surface area (Å²) in [6.07, 6.45) is -5.56. The van der Waals surface area contributed by atoms with Crippen molar-refractivity contribution in [3.8, 4) is 5.75 Å². The first kappa shape index (κ1) is 19.4. The van der Waals surface area contributed by atoms with Gasteiger partial charge in [0.1, 0.15) is 11.3 Å². The van der Waals surface area contributed by atoms with Crippen LogP contribution in [0.4, 0.5) is 13.2 Å². The van der Waals surface area contributed by atoms with E-state index in [1.165, 1.54) is 43.3 Å². The second kappa shape index (κ2) is 7.51. The molecule has 0 heterocycles. The third-order valence-electron chi connectivity index (χ3n) is 3.71. The summed E-state index contributed by atoms with van der Waals surface area (Å²) in [4.78, 5) is 12.2. The number of likely N-dealkylation sites (N-methyl/N-ethyl adjacent to an activating group) is 1. The maximum absolute atomic E-state index is 13.5. The first-order valence-corrected chi connectivity index (χ1v) is 7.46. The number of fused-ring (bicyclic) bond motifs is 1. The highest BCUT2D eigenvalue weighted by Crippen LogP contribution is 2.43. The molecule has 0 fully saturated rings. The Balaban J connectivity index is 2.69. The average Bonchev–Trinajstić information content (AvgIpc) is 2.52. The molecular weight excluding hydrogens is 359 g/mol. The van der Waals surface area contributed by atoms with Gasteiger partial charge in [0, 0.05) is 5.56 Å². The van der Waals surface area contributed by atoms with E-state index in [9.17, 15) is 18.0 Å². The van der Waals surface area contributed by atoms with Crippen LogP contribution in [0.1, 0.15) is 17.4 Å². The van der Waals surface area contributed by atoms with Gasteiger partial charge in [0.2, 0.25) is 0 Å². The highest BCUT2D eigenvalue weighted by molar-refractivity contribution is 7.75. The maximum Gasteiger partial charge on any atom is 0.420 e. The zero-order valence-electron chi connectivity index (χ0n) is 13.4. The Morgan fingerprint density at radius 1 is 1.28 bits per heavy atom. The van der Waals surface area contributed by atoms with Gasteiger partial charge in [0.25, 0.3) is 0 Å². The van der Waals surface area contributed by atoms with Crippen LogP contribution in [0.25, 0.3) is 10.8 Å². The summed E-state index contributed by atoms with van der Waals surface area (Å²) < 4.78 is 50.4. The molecule has 0 saturated carbocycles. The molecule has 0 radical (unpaired) electrons. The van der Waals surface area contributed by atoms with Crippen LogP contribution < -0.4 is 4.74 Å². The topological polar surface area (TPSA) is 59.0 Å². The van der Waals surface area contributed by atoms with Crippen molar-refractivity contribution in [3.63, 3.8) is 0 Å². The molecule has 1 unspecified atom stereocenters. The number of alkyl halides is 3. The summed E-state index contributed by atoms with van der Waals surface area (Å²) in [5.74, 6) is -1.39. The minimum absolute atomic E-state index is 0.0662. The van der Waals surface area contributed by atoms with Gasteiger partial charge in [-0.25, -0.2) is 0 Å². The van der Waals surface area contributed by atoms with Crippen LogP contribution in [0.2, 0.25) is 0 Å². The molecule has 0 saturated heterocycles. The molecule has 0 aromatic heterocycles. The van der Waals surface area contributed by atoms with Gasteiger partial charge in [-0.3, -0.25) is 13.9 Å². The van der Waals surface area contributed by atoms with Gasteiger partial charge in [-0.15, -0.1) is 0 Å². The number of halogens is 3. The van der Waals surface area contributed by atoms with Crippen molar-refractivity contribution >= 4 is 29.7 Å². The second-order valence-corrected chi connectivity index (χ2v) is 5.56. The monoisotopic (exact) mass is 375 g/mol. The van der Waals surface area contributed by atoms with Gasteiger partial charge < -0.3 is 9.84 Å². The van der Waals surface area contributed by atoms with Crippen LogP contribution in [0, 0.1) is 0 Å². The molecular formula is C16H16F3NO4S. The molecule has 9 heteroatoms. The Morgan fingerprint density at radius 3 is 2.48 bits per heavy atom. The standard InChI is InChI=1S/C16H16F3NO4S/c1-20(8-13(21)22)15(24-25)11-5-3-4-10-9(11)6-7-12(23-2)14(10)16(17,18)19/h3-7,15,25H,8H2,1-2H3,(H,21,22). The van der Waals surface area contributed by atoms with Crippen molar-refractivity contribution in [2.24, 2.45) is 0 Å². The second-order valence-electron chi connectivity index (χ2n) is 5.35. The Labute approximate surface area is 147 Å². The summed E-state index contributed by atoms with van der Waals surface area (Å²) in [6.45, 7) is -0.371. The van der Waals surface area contributed by atoms with Gasteiger partial charge in [-0.05, 0) is 36.8 Å². The average molecular weight is 375 g/mol. The number of aliphatic carboxylic acids is 1. The Morgan fingerprint density at radius 2 is 1.96 bits per heavy atom. The number of carboxylic acid groups (broad SMARTS) is 1. The van der Waals surface area contributed by atoms with Gasteiger partial charge in [0.05, 0.1) is 13.7 Å². The zero-order valence-corrected chi connectivity index (χ0v) is 14.3. The summed E-state index contributed by atoms with van der Waals surface area (Å²) >= 11 is 3.75. The van der Waals surface area contributed by atoms with E-state index in [1.54, 1.807) is 6.07 Å². The van der Waals surface area contributed by atoms with Crippen LogP contribution in [0.15, 0.2) is 30.3 Å². The number of nitrogens with zero attached hydrogens (tertiary/aromatic N) is 1. The van der Waals surface area contributed by atoms with E-state index in [1.807, 2.05) is 0 Å². The smallest absolute Gasteiger partial charge is 0.420 e. The number of ether oxygens (including phenoxy) is 1. The van der Waals surface area contributed by atoms with Crippen LogP contribution in [-0.4, -0.2) is 36.7 Å². The fraction of sp³-hybridized carbons (Fsp3) is 0.312. The number of rotatable bonds is 6. The quantitative estimate of drug-likeness (QED) is 0.458. The molecule has 1 N–H and O–H groups in total. The molecule has 0 aliphatic carbocycles. The molecule has 2 aromatic rings. The van der Waals surface area contributed by atoms with Crippen LogP contribution in [0.5, 0.6) is 5.75 Å². The minimum atomic E-state index is -4.62.